The average Bonchev–Trinajstić information content (AvgIpc) is 2.64. The molecule has 0 bridgehead atoms. The fourth-order valence-electron chi connectivity index (χ4n) is 2.35. The second-order valence-electron chi connectivity index (χ2n) is 4.10. The first kappa shape index (κ1) is 8.68. The van der Waals surface area contributed by atoms with Gasteiger partial charge in [0.15, 0.2) is 0 Å². The largest absolute Gasteiger partial charge is 0.384 e. The number of halogens is 2. The van der Waals surface area contributed by atoms with E-state index >= 15 is 0 Å². The van der Waals surface area contributed by atoms with Crippen molar-refractivity contribution in [3.8, 4) is 0 Å². The lowest BCUT2D eigenvalue weighted by molar-refractivity contribution is 0.613. The van der Waals surface area contributed by atoms with E-state index in [0.717, 1.165) is 24.2 Å². The molecule has 0 aromatic heterocycles. The van der Waals surface area contributed by atoms with E-state index in [1.54, 1.807) is 6.07 Å². The summed E-state index contributed by atoms with van der Waals surface area (Å²) < 4.78 is 13.9. The lowest BCUT2D eigenvalue weighted by atomic mass is 9.97. The van der Waals surface area contributed by atoms with Gasteiger partial charge in [-0.1, -0.05) is 0 Å². The maximum atomic E-state index is 13.4. The number of nitrogens with one attached hydrogen (secondary N) is 1. The molecule has 0 amide bonds. The summed E-state index contributed by atoms with van der Waals surface area (Å²) in [5.74, 6) is -0.203. The Balaban J connectivity index is 2.23. The van der Waals surface area contributed by atoms with Gasteiger partial charge in [-0.15, -0.1) is 0 Å². The van der Waals surface area contributed by atoms with E-state index in [0.29, 0.717) is 4.47 Å². The van der Waals surface area contributed by atoms with Crippen molar-refractivity contribution in [2.45, 2.75) is 17.9 Å². The molecule has 2 atom stereocenters. The molecule has 1 heterocycles. The smallest absolute Gasteiger partial charge is 0.137 e. The molecule has 3 rings (SSSR count). The van der Waals surface area contributed by atoms with Crippen molar-refractivity contribution in [2.24, 2.45) is 5.73 Å². The summed E-state index contributed by atoms with van der Waals surface area (Å²) in [4.78, 5) is 0. The molecule has 2 nitrogen and oxygen atoms in total. The zero-order valence-electron chi connectivity index (χ0n) is 7.48. The number of benzene rings is 1. The minimum atomic E-state index is -0.203. The molecule has 1 fully saturated rings. The first-order valence-electron chi connectivity index (χ1n) is 4.63. The minimum Gasteiger partial charge on any atom is -0.384 e. The second-order valence-corrected chi connectivity index (χ2v) is 4.90. The van der Waals surface area contributed by atoms with E-state index in [4.69, 9.17) is 5.73 Å². The molecule has 2 unspecified atom stereocenters. The second kappa shape index (κ2) is 2.49. The van der Waals surface area contributed by atoms with Crippen LogP contribution in [0.4, 0.5) is 10.1 Å². The monoisotopic (exact) mass is 256 g/mol. The summed E-state index contributed by atoms with van der Waals surface area (Å²) in [6, 6.07) is 3.44. The SMILES string of the molecule is NC1CC12CNc1ccc(F)c(Br)c12. The highest BCUT2D eigenvalue weighted by Crippen LogP contribution is 2.55. The molecule has 1 spiro atoms. The molecule has 14 heavy (non-hydrogen) atoms. The number of anilines is 1. The van der Waals surface area contributed by atoms with Crippen molar-refractivity contribution >= 4 is 21.6 Å². The van der Waals surface area contributed by atoms with E-state index in [9.17, 15) is 4.39 Å². The third kappa shape index (κ3) is 0.880. The van der Waals surface area contributed by atoms with Crippen LogP contribution >= 0.6 is 15.9 Å². The van der Waals surface area contributed by atoms with Gasteiger partial charge in [0.1, 0.15) is 5.82 Å². The van der Waals surface area contributed by atoms with Crippen molar-refractivity contribution in [3.05, 3.63) is 28.0 Å². The van der Waals surface area contributed by atoms with Gasteiger partial charge in [0.05, 0.1) is 4.47 Å². The molecule has 0 saturated heterocycles. The summed E-state index contributed by atoms with van der Waals surface area (Å²) in [5, 5.41) is 3.27. The van der Waals surface area contributed by atoms with Crippen LogP contribution in [-0.2, 0) is 5.41 Å². The number of nitrogens with two attached hydrogens (primary N) is 1. The highest BCUT2D eigenvalue weighted by molar-refractivity contribution is 9.10. The molecule has 4 heteroatoms. The molecule has 1 aliphatic carbocycles. The van der Waals surface area contributed by atoms with Crippen LogP contribution in [0.5, 0.6) is 0 Å². The molecular weight excluding hydrogens is 247 g/mol. The lowest BCUT2D eigenvalue weighted by Gasteiger charge is -2.10. The molecule has 2 aliphatic rings. The van der Waals surface area contributed by atoms with Crippen molar-refractivity contribution < 1.29 is 4.39 Å². The van der Waals surface area contributed by atoms with Crippen molar-refractivity contribution in [1.29, 1.82) is 0 Å². The summed E-state index contributed by atoms with van der Waals surface area (Å²) >= 11 is 3.30. The lowest BCUT2D eigenvalue weighted by Crippen LogP contribution is -2.20. The molecule has 1 aliphatic heterocycles. The summed E-state index contributed by atoms with van der Waals surface area (Å²) in [5.41, 5.74) is 7.96. The van der Waals surface area contributed by atoms with Crippen LogP contribution in [0.15, 0.2) is 16.6 Å². The van der Waals surface area contributed by atoms with Gasteiger partial charge in [-0.25, -0.2) is 4.39 Å². The molecule has 3 N–H and O–H groups in total. The van der Waals surface area contributed by atoms with Crippen LogP contribution in [0, 0.1) is 5.82 Å². The van der Waals surface area contributed by atoms with Gasteiger partial charge < -0.3 is 11.1 Å². The third-order valence-electron chi connectivity index (χ3n) is 3.32. The maximum Gasteiger partial charge on any atom is 0.137 e. The van der Waals surface area contributed by atoms with E-state index in [1.165, 1.54) is 6.07 Å². The average molecular weight is 257 g/mol. The first-order valence-corrected chi connectivity index (χ1v) is 5.42. The topological polar surface area (TPSA) is 38.0 Å². The molecule has 1 saturated carbocycles. The van der Waals surface area contributed by atoms with Crippen LogP contribution in [0.2, 0.25) is 0 Å². The van der Waals surface area contributed by atoms with Gasteiger partial charge in [0.25, 0.3) is 0 Å². The summed E-state index contributed by atoms with van der Waals surface area (Å²) in [6.07, 6.45) is 0.953. The Bertz CT molecular complexity index is 421. The van der Waals surface area contributed by atoms with Crippen LogP contribution < -0.4 is 11.1 Å². The molecule has 1 aromatic rings. The number of hydrogen-bond donors (Lipinski definition) is 2. The van der Waals surface area contributed by atoms with Crippen molar-refractivity contribution in [1.82, 2.24) is 0 Å². The van der Waals surface area contributed by atoms with Crippen LogP contribution in [0.1, 0.15) is 12.0 Å². The van der Waals surface area contributed by atoms with Crippen molar-refractivity contribution in [3.63, 3.8) is 0 Å². The Labute approximate surface area is 89.8 Å². The van der Waals surface area contributed by atoms with Gasteiger partial charge in [-0.3, -0.25) is 0 Å². The number of fused-ring (bicyclic) bond motifs is 2. The van der Waals surface area contributed by atoms with Crippen LogP contribution in [0.3, 0.4) is 0 Å². The van der Waals surface area contributed by atoms with Crippen LogP contribution in [-0.4, -0.2) is 12.6 Å². The van der Waals surface area contributed by atoms with E-state index in [1.807, 2.05) is 0 Å². The Hall–Kier alpha value is -0.610. The fourth-order valence-corrected chi connectivity index (χ4v) is 3.09. The van der Waals surface area contributed by atoms with E-state index < -0.39 is 0 Å². The van der Waals surface area contributed by atoms with E-state index in [-0.39, 0.29) is 17.3 Å². The normalized spacial score (nSPS) is 32.9. The zero-order valence-corrected chi connectivity index (χ0v) is 9.07. The Morgan fingerprint density at radius 3 is 2.93 bits per heavy atom. The zero-order chi connectivity index (χ0) is 9.92. The predicted octanol–water partition coefficient (Wildman–Crippen LogP) is 1.98. The van der Waals surface area contributed by atoms with E-state index in [2.05, 4.69) is 21.2 Å². The minimum absolute atomic E-state index is 0.00370. The maximum absolute atomic E-state index is 13.4. The van der Waals surface area contributed by atoms with Crippen molar-refractivity contribution in [2.75, 3.05) is 11.9 Å². The van der Waals surface area contributed by atoms with Gasteiger partial charge in [0, 0.05) is 29.3 Å². The Kier molecular flexibility index (Phi) is 1.55. The fraction of sp³-hybridized carbons (Fsp3) is 0.400. The Morgan fingerprint density at radius 2 is 2.29 bits per heavy atom. The van der Waals surface area contributed by atoms with Crippen LogP contribution in [0.25, 0.3) is 0 Å². The Morgan fingerprint density at radius 1 is 1.57 bits per heavy atom. The highest BCUT2D eigenvalue weighted by atomic mass is 79.9. The standard InChI is InChI=1S/C10H10BrFN2/c11-9-5(12)1-2-6-8(9)10(4-14-6)3-7(10)13/h1-2,7,14H,3-4,13H2. The summed E-state index contributed by atoms with van der Waals surface area (Å²) in [7, 11) is 0. The first-order chi connectivity index (χ1) is 6.65. The number of hydrogen-bond acceptors (Lipinski definition) is 2. The predicted molar refractivity (Wildman–Crippen MR) is 56.9 cm³/mol. The third-order valence-corrected chi connectivity index (χ3v) is 4.10. The summed E-state index contributed by atoms with van der Waals surface area (Å²) in [6.45, 7) is 0.839. The molecule has 1 aromatic carbocycles. The quantitative estimate of drug-likeness (QED) is 0.745. The molecule has 74 valence electrons. The molecular formula is C10H10BrFN2. The van der Waals surface area contributed by atoms with Gasteiger partial charge in [-0.2, -0.15) is 0 Å². The van der Waals surface area contributed by atoms with Gasteiger partial charge in [-0.05, 0) is 34.5 Å². The number of rotatable bonds is 0. The molecule has 0 radical (unpaired) electrons. The van der Waals surface area contributed by atoms with Gasteiger partial charge >= 0.3 is 0 Å². The highest BCUT2D eigenvalue weighted by Gasteiger charge is 2.57. The van der Waals surface area contributed by atoms with Gasteiger partial charge in [0.2, 0.25) is 0 Å².